The number of nitrogens with one attached hydrogen (secondary N) is 3. The highest BCUT2D eigenvalue weighted by Crippen LogP contribution is 2.01. The van der Waals surface area contributed by atoms with Gasteiger partial charge in [0.1, 0.15) is 0 Å². The molecule has 0 aliphatic heterocycles. The van der Waals surface area contributed by atoms with Gasteiger partial charge < -0.3 is 10.8 Å². The first kappa shape index (κ1) is 8.46. The van der Waals surface area contributed by atoms with Gasteiger partial charge in [0.05, 0.1) is 5.70 Å². The van der Waals surface area contributed by atoms with Gasteiger partial charge in [-0.25, -0.2) is 5.43 Å². The van der Waals surface area contributed by atoms with Crippen molar-refractivity contribution < 1.29 is 0 Å². The summed E-state index contributed by atoms with van der Waals surface area (Å²) in [6.07, 6.45) is 1.15. The number of hydrogen-bond donors (Lipinski definition) is 3. The Morgan fingerprint density at radius 1 is 1.67 bits per heavy atom. The van der Waals surface area contributed by atoms with E-state index in [0.717, 1.165) is 6.21 Å². The van der Waals surface area contributed by atoms with E-state index in [1.165, 1.54) is 0 Å². The first-order chi connectivity index (χ1) is 4.22. The molecule has 0 fully saturated rings. The van der Waals surface area contributed by atoms with Crippen molar-refractivity contribution >= 4 is 17.8 Å². The first-order valence-corrected chi connectivity index (χ1v) is 2.89. The van der Waals surface area contributed by atoms with Gasteiger partial charge in [-0.1, -0.05) is 11.6 Å². The molecule has 0 aromatic carbocycles. The molecular formula is C5H10ClN3. The molecule has 3 nitrogen and oxygen atoms in total. The lowest BCUT2D eigenvalue weighted by Crippen LogP contribution is -2.27. The van der Waals surface area contributed by atoms with Crippen LogP contribution in [0.3, 0.4) is 0 Å². The summed E-state index contributed by atoms with van der Waals surface area (Å²) in [5.74, 6) is 0. The molecule has 0 aliphatic carbocycles. The molecule has 52 valence electrons. The van der Waals surface area contributed by atoms with E-state index < -0.39 is 0 Å². The van der Waals surface area contributed by atoms with Crippen LogP contribution in [0.25, 0.3) is 0 Å². The molecular weight excluding hydrogens is 138 g/mol. The highest BCUT2D eigenvalue weighted by molar-refractivity contribution is 6.30. The highest BCUT2D eigenvalue weighted by atomic mass is 35.5. The summed E-state index contributed by atoms with van der Waals surface area (Å²) in [4.78, 5) is 0. The molecule has 0 heterocycles. The van der Waals surface area contributed by atoms with E-state index in [1.54, 1.807) is 14.0 Å². The van der Waals surface area contributed by atoms with Crippen LogP contribution in [-0.4, -0.2) is 13.3 Å². The van der Waals surface area contributed by atoms with E-state index >= 15 is 0 Å². The zero-order valence-corrected chi connectivity index (χ0v) is 6.21. The third kappa shape index (κ3) is 3.11. The molecule has 0 saturated carbocycles. The smallest absolute Gasteiger partial charge is 0.0807 e. The van der Waals surface area contributed by atoms with Gasteiger partial charge in [0.2, 0.25) is 0 Å². The van der Waals surface area contributed by atoms with Crippen molar-refractivity contribution in [2.45, 2.75) is 6.92 Å². The number of hydrazine groups is 1. The van der Waals surface area contributed by atoms with Crippen molar-refractivity contribution in [1.29, 1.82) is 5.41 Å². The Labute approximate surface area is 59.6 Å². The fourth-order valence-corrected chi connectivity index (χ4v) is 0.458. The lowest BCUT2D eigenvalue weighted by atomic mass is 10.4. The summed E-state index contributed by atoms with van der Waals surface area (Å²) in [6, 6.07) is 0. The highest BCUT2D eigenvalue weighted by Gasteiger charge is 1.91. The average molecular weight is 148 g/mol. The van der Waals surface area contributed by atoms with Crippen LogP contribution in [0.15, 0.2) is 10.7 Å². The third-order valence-corrected chi connectivity index (χ3v) is 0.979. The summed E-state index contributed by atoms with van der Waals surface area (Å²) in [5.41, 5.74) is 5.93. The quantitative estimate of drug-likeness (QED) is 0.409. The maximum Gasteiger partial charge on any atom is 0.0807 e. The van der Waals surface area contributed by atoms with Gasteiger partial charge in [-0.3, -0.25) is 0 Å². The summed E-state index contributed by atoms with van der Waals surface area (Å²) < 4.78 is 0. The lowest BCUT2D eigenvalue weighted by Gasteiger charge is -2.03. The van der Waals surface area contributed by atoms with Crippen molar-refractivity contribution in [2.75, 3.05) is 7.05 Å². The molecule has 4 heteroatoms. The van der Waals surface area contributed by atoms with Crippen LogP contribution < -0.4 is 10.9 Å². The minimum atomic E-state index is 0.569. The third-order valence-electron chi connectivity index (χ3n) is 0.775. The van der Waals surface area contributed by atoms with Gasteiger partial charge in [0.25, 0.3) is 0 Å². The molecule has 0 aromatic heterocycles. The molecule has 0 aromatic rings. The number of rotatable bonds is 3. The van der Waals surface area contributed by atoms with Gasteiger partial charge in [-0.15, -0.1) is 0 Å². The number of halogens is 1. The molecule has 0 radical (unpaired) electrons. The van der Waals surface area contributed by atoms with E-state index in [2.05, 4.69) is 10.9 Å². The van der Waals surface area contributed by atoms with E-state index in [0.29, 0.717) is 10.7 Å². The second-order valence-electron chi connectivity index (χ2n) is 1.47. The van der Waals surface area contributed by atoms with Crippen LogP contribution in [-0.2, 0) is 0 Å². The standard InChI is InChI=1S/C5H10ClN3/c1-4(6)5(3-7)9-8-2/h3,7-9H,1-2H3/b5-4+,7-3?. The minimum Gasteiger partial charge on any atom is -0.319 e. The molecule has 0 bridgehead atoms. The number of allylic oxidation sites excluding steroid dienone is 2. The molecule has 0 amide bonds. The Bertz CT molecular complexity index is 126. The van der Waals surface area contributed by atoms with Crippen molar-refractivity contribution in [2.24, 2.45) is 0 Å². The molecule has 0 rings (SSSR count). The molecule has 9 heavy (non-hydrogen) atoms. The van der Waals surface area contributed by atoms with E-state index in [1.807, 2.05) is 0 Å². The largest absolute Gasteiger partial charge is 0.319 e. The summed E-state index contributed by atoms with van der Waals surface area (Å²) in [5, 5.41) is 7.39. The maximum absolute atomic E-state index is 6.82. The van der Waals surface area contributed by atoms with Crippen LogP contribution >= 0.6 is 11.6 Å². The first-order valence-electron chi connectivity index (χ1n) is 2.52. The second-order valence-corrected chi connectivity index (χ2v) is 2.03. The second kappa shape index (κ2) is 4.35. The van der Waals surface area contributed by atoms with Crippen LogP contribution in [0, 0.1) is 5.41 Å². The van der Waals surface area contributed by atoms with E-state index in [-0.39, 0.29) is 0 Å². The molecule has 0 aliphatic rings. The van der Waals surface area contributed by atoms with E-state index in [4.69, 9.17) is 17.0 Å². The predicted octanol–water partition coefficient (Wildman–Crippen LogP) is 0.830. The van der Waals surface area contributed by atoms with Gasteiger partial charge in [0.15, 0.2) is 0 Å². The Hall–Kier alpha value is -0.540. The van der Waals surface area contributed by atoms with Crippen molar-refractivity contribution in [3.63, 3.8) is 0 Å². The van der Waals surface area contributed by atoms with Crippen LogP contribution in [0.4, 0.5) is 0 Å². The van der Waals surface area contributed by atoms with Crippen molar-refractivity contribution in [3.8, 4) is 0 Å². The molecule has 0 spiro atoms. The monoisotopic (exact) mass is 147 g/mol. The van der Waals surface area contributed by atoms with Gasteiger partial charge >= 0.3 is 0 Å². The molecule has 0 atom stereocenters. The number of hydrogen-bond acceptors (Lipinski definition) is 3. The van der Waals surface area contributed by atoms with Crippen molar-refractivity contribution in [1.82, 2.24) is 10.9 Å². The van der Waals surface area contributed by atoms with Gasteiger partial charge in [-0.05, 0) is 6.92 Å². The molecule has 0 saturated heterocycles. The van der Waals surface area contributed by atoms with Crippen LogP contribution in [0.2, 0.25) is 0 Å². The molecule has 3 N–H and O–H groups in total. The fourth-order valence-electron chi connectivity index (χ4n) is 0.356. The Morgan fingerprint density at radius 2 is 2.22 bits per heavy atom. The Balaban J connectivity index is 3.98. The zero-order valence-electron chi connectivity index (χ0n) is 5.46. The SMILES string of the molecule is CNN/C(C=N)=C(\C)Cl. The zero-order chi connectivity index (χ0) is 7.28. The molecule has 0 unspecified atom stereocenters. The Morgan fingerprint density at radius 3 is 2.33 bits per heavy atom. The Kier molecular flexibility index (Phi) is 4.09. The normalized spacial score (nSPS) is 12.3. The van der Waals surface area contributed by atoms with E-state index in [9.17, 15) is 0 Å². The average Bonchev–Trinajstić information content (AvgIpc) is 1.82. The summed E-state index contributed by atoms with van der Waals surface area (Å²) >= 11 is 5.55. The fraction of sp³-hybridized carbons (Fsp3) is 0.400. The predicted molar refractivity (Wildman–Crippen MR) is 39.5 cm³/mol. The summed E-state index contributed by atoms with van der Waals surface area (Å²) in [7, 11) is 1.71. The van der Waals surface area contributed by atoms with Gasteiger partial charge in [0, 0.05) is 18.3 Å². The van der Waals surface area contributed by atoms with Gasteiger partial charge in [-0.2, -0.15) is 0 Å². The topological polar surface area (TPSA) is 47.9 Å². The maximum atomic E-state index is 6.82. The summed E-state index contributed by atoms with van der Waals surface area (Å²) in [6.45, 7) is 1.71. The lowest BCUT2D eigenvalue weighted by molar-refractivity contribution is 0.711. The minimum absolute atomic E-state index is 0.569. The van der Waals surface area contributed by atoms with Crippen molar-refractivity contribution in [3.05, 3.63) is 10.7 Å². The van der Waals surface area contributed by atoms with Crippen LogP contribution in [0.1, 0.15) is 6.92 Å². The van der Waals surface area contributed by atoms with Crippen LogP contribution in [0.5, 0.6) is 0 Å².